The Balaban J connectivity index is 0.000000175. The molecule has 2 aromatic carbocycles. The maximum atomic E-state index is 13.7. The number of fused-ring (bicyclic) bond motifs is 8. The monoisotopic (exact) mass is 1100 g/mol. The molecule has 24 heteroatoms. The Bertz CT molecular complexity index is 3170. The van der Waals surface area contributed by atoms with Crippen molar-refractivity contribution < 1.29 is 56.3 Å². The molecule has 404 valence electrons. The van der Waals surface area contributed by atoms with Gasteiger partial charge in [-0.3, -0.25) is 9.80 Å². The lowest BCUT2D eigenvalue weighted by Gasteiger charge is -2.36. The van der Waals surface area contributed by atoms with Crippen molar-refractivity contribution >= 4 is 69.6 Å². The molecule has 4 amide bonds. The number of aromatic nitrogens is 4. The van der Waals surface area contributed by atoms with Crippen LogP contribution < -0.4 is 39.7 Å². The number of aliphatic hydroxyl groups is 2. The molecule has 11 rings (SSSR count). The third-order valence-corrected chi connectivity index (χ3v) is 14.0. The molecule has 5 aliphatic rings. The molecule has 4 bridgehead atoms. The summed E-state index contributed by atoms with van der Waals surface area (Å²) >= 11 is 13.1. The second-order valence-corrected chi connectivity index (χ2v) is 20.0. The van der Waals surface area contributed by atoms with Gasteiger partial charge < -0.3 is 49.6 Å². The molecule has 77 heavy (non-hydrogen) atoms. The van der Waals surface area contributed by atoms with Crippen LogP contribution in [0.25, 0.3) is 22.5 Å². The Morgan fingerprint density at radius 3 is 1.69 bits per heavy atom. The Hall–Kier alpha value is -7.08. The molecule has 18 nitrogen and oxygen atoms in total. The number of hydrogen-bond acceptors (Lipinski definition) is 14. The number of hydrogen-bond donors (Lipinski definition) is 4. The molecule has 5 aliphatic heterocycles. The highest BCUT2D eigenvalue weighted by Gasteiger charge is 2.43. The van der Waals surface area contributed by atoms with E-state index in [1.165, 1.54) is 42.6 Å². The third kappa shape index (κ3) is 11.8. The first-order valence-corrected chi connectivity index (χ1v) is 25.4. The van der Waals surface area contributed by atoms with Crippen molar-refractivity contribution in [3.63, 3.8) is 0 Å². The SMILES string of the molecule is CC1(C)OC[C@@H](COc2cc(NC(=O)N3c4nc(-c5cccc(C(F)F)c5)c(Cl)cc4N4CC[C@H]3C4)ccn2)O1.O=C(Nc1ccnc(OC[C@@H](O)CO)c1)N1c2nc(-c3cccc(C(F)F)c3)c(Cl)cc2N2CC[C@H]1C2. The number of anilines is 6. The molecule has 4 N–H and O–H groups in total. The maximum absolute atomic E-state index is 13.7. The van der Waals surface area contributed by atoms with Gasteiger partial charge in [-0.2, -0.15) is 0 Å². The number of carbonyl (C=O) groups is 2. The Morgan fingerprint density at radius 1 is 0.740 bits per heavy atom. The number of pyridine rings is 4. The smallest absolute Gasteiger partial charge is 0.327 e. The van der Waals surface area contributed by atoms with Crippen molar-refractivity contribution in [2.75, 3.05) is 82.8 Å². The molecular formula is C53H52Cl2F4N10O8. The second-order valence-electron chi connectivity index (χ2n) is 19.2. The first kappa shape index (κ1) is 53.3. The van der Waals surface area contributed by atoms with E-state index in [2.05, 4.69) is 30.4 Å². The minimum Gasteiger partial charge on any atom is -0.475 e. The van der Waals surface area contributed by atoms with E-state index in [0.29, 0.717) is 86.8 Å². The van der Waals surface area contributed by atoms with Gasteiger partial charge in [0.25, 0.3) is 12.9 Å². The first-order chi connectivity index (χ1) is 37.0. The fourth-order valence-electron chi connectivity index (χ4n) is 9.78. The zero-order valence-electron chi connectivity index (χ0n) is 41.5. The van der Waals surface area contributed by atoms with Crippen LogP contribution in [0.1, 0.15) is 50.7 Å². The summed E-state index contributed by atoms with van der Waals surface area (Å²) in [6.45, 7) is 6.48. The van der Waals surface area contributed by atoms with Gasteiger partial charge in [0, 0.05) is 84.3 Å². The number of nitrogens with one attached hydrogen (secondary N) is 2. The average molecular weight is 1100 g/mol. The summed E-state index contributed by atoms with van der Waals surface area (Å²) in [4.78, 5) is 52.4. The molecule has 0 spiro atoms. The number of halogens is 6. The fraction of sp³-hybridized carbons (Fsp3) is 0.358. The van der Waals surface area contributed by atoms with Crippen LogP contribution >= 0.6 is 23.2 Å². The number of aliphatic hydroxyl groups excluding tert-OH is 2. The first-order valence-electron chi connectivity index (χ1n) is 24.7. The van der Waals surface area contributed by atoms with E-state index in [1.807, 2.05) is 13.8 Å². The van der Waals surface area contributed by atoms with Crippen molar-refractivity contribution in [3.05, 3.63) is 118 Å². The lowest BCUT2D eigenvalue weighted by molar-refractivity contribution is -0.141. The molecule has 3 saturated heterocycles. The highest BCUT2D eigenvalue weighted by molar-refractivity contribution is 6.34. The highest BCUT2D eigenvalue weighted by Crippen LogP contribution is 2.45. The quantitative estimate of drug-likeness (QED) is 0.0797. The minimum absolute atomic E-state index is 0.109. The Kier molecular flexibility index (Phi) is 15.6. The lowest BCUT2D eigenvalue weighted by Crippen LogP contribution is -2.48. The van der Waals surface area contributed by atoms with Crippen LogP contribution in [-0.2, 0) is 9.47 Å². The van der Waals surface area contributed by atoms with Crippen LogP contribution in [0.15, 0.2) is 97.3 Å². The van der Waals surface area contributed by atoms with Gasteiger partial charge in [0.2, 0.25) is 11.8 Å². The van der Waals surface area contributed by atoms with E-state index in [0.717, 1.165) is 31.6 Å². The largest absolute Gasteiger partial charge is 0.475 e. The molecule has 6 aromatic rings. The summed E-state index contributed by atoms with van der Waals surface area (Å²) in [6.07, 6.45) is -2.06. The molecule has 3 fully saturated rings. The number of rotatable bonds is 13. The van der Waals surface area contributed by atoms with Gasteiger partial charge in [-0.25, -0.2) is 47.1 Å². The normalized spacial score (nSPS) is 19.1. The number of ether oxygens (including phenoxy) is 4. The van der Waals surface area contributed by atoms with Crippen molar-refractivity contribution in [2.45, 2.75) is 69.6 Å². The van der Waals surface area contributed by atoms with Crippen LogP contribution in [0.4, 0.5) is 61.5 Å². The van der Waals surface area contributed by atoms with E-state index in [9.17, 15) is 32.3 Å². The molecular weight excluding hydrogens is 1050 g/mol. The summed E-state index contributed by atoms with van der Waals surface area (Å²) in [5.41, 5.74) is 3.59. The molecule has 0 saturated carbocycles. The van der Waals surface area contributed by atoms with E-state index in [1.54, 1.807) is 64.5 Å². The minimum atomic E-state index is -2.64. The van der Waals surface area contributed by atoms with Crippen LogP contribution in [0.5, 0.6) is 11.8 Å². The molecule has 0 aliphatic carbocycles. The zero-order chi connectivity index (χ0) is 54.1. The second kappa shape index (κ2) is 22.5. The van der Waals surface area contributed by atoms with Gasteiger partial charge in [-0.1, -0.05) is 59.6 Å². The van der Waals surface area contributed by atoms with Gasteiger partial charge in [0.05, 0.1) is 58.1 Å². The van der Waals surface area contributed by atoms with Crippen molar-refractivity contribution in [1.29, 1.82) is 0 Å². The van der Waals surface area contributed by atoms with Crippen molar-refractivity contribution in [1.82, 2.24) is 19.9 Å². The lowest BCUT2D eigenvalue weighted by atomic mass is 10.1. The number of nitrogens with zero attached hydrogens (tertiary/aromatic N) is 8. The van der Waals surface area contributed by atoms with E-state index in [4.69, 9.17) is 57.2 Å². The van der Waals surface area contributed by atoms with Crippen LogP contribution in [0.2, 0.25) is 10.0 Å². The standard InChI is InChI=1S/C28H28ClF2N5O4.C25H24ClF2N5O4/c1-28(2)39-15-20(40-28)14-38-23-11-18(6-8-32-23)33-27(37)36-19-7-9-35(13-19)22-12-21(29)24(34-26(22)36)16-4-3-5-17(10-16)25(30)31;26-19-10-20-24(31-22(19)14-2-1-3-15(8-14)23(27)28)33(17-5-7-32(20)11-17)25(36)30-16-4-6-29-21(9-16)37-13-18(35)12-34/h3-6,8,10-12,19-20,25H,7,9,13-15H2,1-2H3,(H,32,33,37);1-4,6,8-10,17-18,23,34-35H,5,7,11-13H2,(H,29,30,36)/t19-,20+;17-,18-/m00/s1. The van der Waals surface area contributed by atoms with Gasteiger partial charge in [-0.05, 0) is 63.1 Å². The number of amides is 4. The van der Waals surface area contributed by atoms with Crippen molar-refractivity contribution in [3.8, 4) is 34.3 Å². The van der Waals surface area contributed by atoms with E-state index in [-0.39, 0.29) is 54.4 Å². The van der Waals surface area contributed by atoms with Gasteiger partial charge >= 0.3 is 12.1 Å². The Labute approximate surface area is 449 Å². The molecule has 9 heterocycles. The predicted molar refractivity (Wildman–Crippen MR) is 281 cm³/mol. The predicted octanol–water partition coefficient (Wildman–Crippen LogP) is 9.99. The van der Waals surface area contributed by atoms with Gasteiger partial charge in [0.1, 0.15) is 25.4 Å². The van der Waals surface area contributed by atoms with E-state index < -0.39 is 37.4 Å². The number of urea groups is 2. The summed E-state index contributed by atoms with van der Waals surface area (Å²) in [5.74, 6) is 0.678. The summed E-state index contributed by atoms with van der Waals surface area (Å²) in [6, 6.07) is 20.6. The fourth-order valence-corrected chi connectivity index (χ4v) is 10.3. The average Bonchev–Trinajstić information content (AvgIpc) is 4.16. The topological polar surface area (TPSA) is 200 Å². The van der Waals surface area contributed by atoms with Gasteiger partial charge in [-0.15, -0.1) is 0 Å². The molecule has 0 unspecified atom stereocenters. The number of alkyl halides is 4. The van der Waals surface area contributed by atoms with Crippen LogP contribution in [0.3, 0.4) is 0 Å². The summed E-state index contributed by atoms with van der Waals surface area (Å²) in [5, 5.41) is 24.8. The summed E-state index contributed by atoms with van der Waals surface area (Å²) in [7, 11) is 0. The van der Waals surface area contributed by atoms with Gasteiger partial charge in [0.15, 0.2) is 17.4 Å². The molecule has 4 aromatic heterocycles. The van der Waals surface area contributed by atoms with Crippen LogP contribution in [-0.4, -0.2) is 125 Å². The third-order valence-electron chi connectivity index (χ3n) is 13.4. The van der Waals surface area contributed by atoms with Crippen LogP contribution in [0, 0.1) is 0 Å². The number of benzene rings is 2. The molecule has 4 atom stereocenters. The number of carbonyl (C=O) groups excluding carboxylic acids is 2. The maximum Gasteiger partial charge on any atom is 0.327 e. The van der Waals surface area contributed by atoms with Crippen molar-refractivity contribution in [2.24, 2.45) is 0 Å². The molecule has 0 radical (unpaired) electrons. The summed E-state index contributed by atoms with van der Waals surface area (Å²) < 4.78 is 75.8. The Morgan fingerprint density at radius 2 is 1.23 bits per heavy atom. The highest BCUT2D eigenvalue weighted by atomic mass is 35.5. The van der Waals surface area contributed by atoms with E-state index >= 15 is 0 Å². The zero-order valence-corrected chi connectivity index (χ0v) is 43.0.